The van der Waals surface area contributed by atoms with Crippen LogP contribution in [0.25, 0.3) is 16.8 Å². The summed E-state index contributed by atoms with van der Waals surface area (Å²) in [4.78, 5) is 0. The SMILES string of the molecule is Cc1nnc2c(-c3cccc4c3CCCN4)cccn12. The van der Waals surface area contributed by atoms with Gasteiger partial charge in [0, 0.05) is 24.0 Å². The summed E-state index contributed by atoms with van der Waals surface area (Å²) in [5.74, 6) is 0.921. The van der Waals surface area contributed by atoms with Crippen molar-refractivity contribution in [2.45, 2.75) is 19.8 Å². The molecule has 0 atom stereocenters. The maximum atomic E-state index is 4.34. The molecule has 1 aromatic carbocycles. The quantitative estimate of drug-likeness (QED) is 0.734. The van der Waals surface area contributed by atoms with Gasteiger partial charge < -0.3 is 5.32 Å². The summed E-state index contributed by atoms with van der Waals surface area (Å²) < 4.78 is 2.05. The van der Waals surface area contributed by atoms with Gasteiger partial charge in [-0.1, -0.05) is 12.1 Å². The van der Waals surface area contributed by atoms with Crippen molar-refractivity contribution >= 4 is 11.3 Å². The third-order valence-electron chi connectivity index (χ3n) is 3.99. The molecule has 1 aliphatic rings. The van der Waals surface area contributed by atoms with Crippen LogP contribution in [0.2, 0.25) is 0 Å². The predicted octanol–water partition coefficient (Wildman–Crippen LogP) is 3.06. The van der Waals surface area contributed by atoms with Crippen LogP contribution < -0.4 is 5.32 Å². The van der Waals surface area contributed by atoms with Gasteiger partial charge in [-0.3, -0.25) is 4.40 Å². The summed E-state index contributed by atoms with van der Waals surface area (Å²) in [5, 5.41) is 12.0. The van der Waals surface area contributed by atoms with Gasteiger partial charge in [0.1, 0.15) is 5.82 Å². The number of benzene rings is 1. The van der Waals surface area contributed by atoms with Crippen LogP contribution in [0.4, 0.5) is 5.69 Å². The number of nitrogens with zero attached hydrogens (tertiary/aromatic N) is 3. The van der Waals surface area contributed by atoms with E-state index in [0.717, 1.165) is 30.0 Å². The van der Waals surface area contributed by atoms with E-state index in [4.69, 9.17) is 0 Å². The highest BCUT2D eigenvalue weighted by molar-refractivity contribution is 5.83. The third kappa shape index (κ3) is 1.61. The highest BCUT2D eigenvalue weighted by atomic mass is 15.2. The molecular formula is C16H16N4. The number of anilines is 1. The summed E-state index contributed by atoms with van der Waals surface area (Å²) >= 11 is 0. The fraction of sp³-hybridized carbons (Fsp3) is 0.250. The number of hydrogen-bond acceptors (Lipinski definition) is 3. The molecule has 0 bridgehead atoms. The van der Waals surface area contributed by atoms with E-state index in [2.05, 4.69) is 45.8 Å². The van der Waals surface area contributed by atoms with E-state index in [9.17, 15) is 0 Å². The number of fused-ring (bicyclic) bond motifs is 2. The first-order valence-corrected chi connectivity index (χ1v) is 7.01. The Morgan fingerprint density at radius 3 is 2.95 bits per heavy atom. The molecule has 0 amide bonds. The van der Waals surface area contributed by atoms with Gasteiger partial charge in [-0.15, -0.1) is 10.2 Å². The Labute approximate surface area is 117 Å². The maximum Gasteiger partial charge on any atom is 0.168 e. The lowest BCUT2D eigenvalue weighted by Gasteiger charge is -2.21. The minimum absolute atomic E-state index is 0.921. The second-order valence-electron chi connectivity index (χ2n) is 5.22. The van der Waals surface area contributed by atoms with E-state index in [1.807, 2.05) is 17.5 Å². The van der Waals surface area contributed by atoms with Crippen molar-refractivity contribution in [1.82, 2.24) is 14.6 Å². The second-order valence-corrected chi connectivity index (χ2v) is 5.22. The first-order chi connectivity index (χ1) is 9.84. The molecule has 1 N–H and O–H groups in total. The molecule has 0 saturated carbocycles. The lowest BCUT2D eigenvalue weighted by molar-refractivity contribution is 0.832. The average molecular weight is 264 g/mol. The van der Waals surface area contributed by atoms with Crippen LogP contribution in [0.5, 0.6) is 0 Å². The molecule has 100 valence electrons. The van der Waals surface area contributed by atoms with E-state index < -0.39 is 0 Å². The summed E-state index contributed by atoms with van der Waals surface area (Å²) in [6.07, 6.45) is 4.31. The van der Waals surface area contributed by atoms with Crippen molar-refractivity contribution in [2.24, 2.45) is 0 Å². The van der Waals surface area contributed by atoms with E-state index >= 15 is 0 Å². The summed E-state index contributed by atoms with van der Waals surface area (Å²) in [6, 6.07) is 10.7. The summed E-state index contributed by atoms with van der Waals surface area (Å²) in [7, 11) is 0. The molecule has 3 aromatic rings. The van der Waals surface area contributed by atoms with Gasteiger partial charge in [-0.25, -0.2) is 0 Å². The standard InChI is InChI=1S/C16H16N4/c1-11-18-19-16-14(7-4-10-20(11)16)12-5-2-8-15-13(12)6-3-9-17-15/h2,4-5,7-8,10,17H,3,6,9H2,1H3. The van der Waals surface area contributed by atoms with E-state index in [1.54, 1.807) is 0 Å². The molecule has 0 radical (unpaired) electrons. The van der Waals surface area contributed by atoms with Crippen molar-refractivity contribution in [1.29, 1.82) is 0 Å². The number of aryl methyl sites for hydroxylation is 1. The Morgan fingerprint density at radius 1 is 1.10 bits per heavy atom. The topological polar surface area (TPSA) is 42.2 Å². The molecule has 4 rings (SSSR count). The molecule has 20 heavy (non-hydrogen) atoms. The van der Waals surface area contributed by atoms with Crippen LogP contribution >= 0.6 is 0 Å². The van der Waals surface area contributed by atoms with Gasteiger partial charge in [0.15, 0.2) is 5.65 Å². The lowest BCUT2D eigenvalue weighted by Crippen LogP contribution is -2.12. The Hall–Kier alpha value is -2.36. The van der Waals surface area contributed by atoms with E-state index in [1.165, 1.54) is 23.2 Å². The first-order valence-electron chi connectivity index (χ1n) is 7.01. The number of rotatable bonds is 1. The summed E-state index contributed by atoms with van der Waals surface area (Å²) in [5.41, 5.74) is 6.02. The van der Waals surface area contributed by atoms with Gasteiger partial charge in [-0.2, -0.15) is 0 Å². The van der Waals surface area contributed by atoms with Gasteiger partial charge in [0.2, 0.25) is 0 Å². The van der Waals surface area contributed by atoms with Gasteiger partial charge in [0.05, 0.1) is 0 Å². The van der Waals surface area contributed by atoms with E-state index in [0.29, 0.717) is 0 Å². The monoisotopic (exact) mass is 264 g/mol. The van der Waals surface area contributed by atoms with Gasteiger partial charge in [-0.05, 0) is 49.1 Å². The molecule has 0 fully saturated rings. The van der Waals surface area contributed by atoms with Crippen LogP contribution in [0, 0.1) is 6.92 Å². The molecule has 4 heteroatoms. The van der Waals surface area contributed by atoms with E-state index in [-0.39, 0.29) is 0 Å². The third-order valence-corrected chi connectivity index (χ3v) is 3.99. The minimum atomic E-state index is 0.921. The van der Waals surface area contributed by atoms with Crippen LogP contribution in [0.3, 0.4) is 0 Å². The average Bonchev–Trinajstić information content (AvgIpc) is 2.88. The number of aromatic nitrogens is 3. The fourth-order valence-electron chi connectivity index (χ4n) is 3.00. The van der Waals surface area contributed by atoms with Crippen LogP contribution in [-0.2, 0) is 6.42 Å². The zero-order valence-electron chi connectivity index (χ0n) is 11.4. The van der Waals surface area contributed by atoms with Crippen molar-refractivity contribution in [3.8, 4) is 11.1 Å². The van der Waals surface area contributed by atoms with Crippen LogP contribution in [0.15, 0.2) is 36.5 Å². The Bertz CT molecular complexity index is 788. The van der Waals surface area contributed by atoms with Crippen molar-refractivity contribution in [3.05, 3.63) is 47.9 Å². The largest absolute Gasteiger partial charge is 0.385 e. The number of pyridine rings is 1. The maximum absolute atomic E-state index is 4.34. The van der Waals surface area contributed by atoms with Crippen molar-refractivity contribution in [3.63, 3.8) is 0 Å². The smallest absolute Gasteiger partial charge is 0.168 e. The highest BCUT2D eigenvalue weighted by Crippen LogP contribution is 2.34. The summed E-state index contributed by atoms with van der Waals surface area (Å²) in [6.45, 7) is 3.04. The molecule has 0 unspecified atom stereocenters. The number of nitrogens with one attached hydrogen (secondary N) is 1. The predicted molar refractivity (Wildman–Crippen MR) is 80.0 cm³/mol. The normalized spacial score (nSPS) is 14.1. The molecule has 3 heterocycles. The molecule has 0 saturated heterocycles. The lowest BCUT2D eigenvalue weighted by atomic mass is 9.93. The Balaban J connectivity index is 2.00. The first kappa shape index (κ1) is 11.5. The molecule has 1 aliphatic heterocycles. The molecule has 0 aliphatic carbocycles. The minimum Gasteiger partial charge on any atom is -0.385 e. The molecule has 4 nitrogen and oxygen atoms in total. The molecule has 0 spiro atoms. The molecule has 2 aromatic heterocycles. The van der Waals surface area contributed by atoms with Crippen molar-refractivity contribution < 1.29 is 0 Å². The van der Waals surface area contributed by atoms with Crippen LogP contribution in [0.1, 0.15) is 17.8 Å². The fourth-order valence-corrected chi connectivity index (χ4v) is 3.00. The highest BCUT2D eigenvalue weighted by Gasteiger charge is 2.16. The van der Waals surface area contributed by atoms with Crippen molar-refractivity contribution in [2.75, 3.05) is 11.9 Å². The zero-order chi connectivity index (χ0) is 13.5. The van der Waals surface area contributed by atoms with Gasteiger partial charge >= 0.3 is 0 Å². The zero-order valence-corrected chi connectivity index (χ0v) is 11.4. The van der Waals surface area contributed by atoms with Crippen LogP contribution in [-0.4, -0.2) is 21.1 Å². The van der Waals surface area contributed by atoms with Gasteiger partial charge in [0.25, 0.3) is 0 Å². The second kappa shape index (κ2) is 4.34. The molecular weight excluding hydrogens is 248 g/mol. The number of hydrogen-bond donors (Lipinski definition) is 1. The Morgan fingerprint density at radius 2 is 2.00 bits per heavy atom. The Kier molecular flexibility index (Phi) is 2.49.